The van der Waals surface area contributed by atoms with E-state index in [1.165, 1.54) is 32.1 Å². The topological polar surface area (TPSA) is 55.9 Å². The third-order valence-corrected chi connectivity index (χ3v) is 4.38. The van der Waals surface area contributed by atoms with Crippen molar-refractivity contribution >= 4 is 11.6 Å². The molecule has 5 heteroatoms. The van der Waals surface area contributed by atoms with Gasteiger partial charge in [0, 0.05) is 6.54 Å². The summed E-state index contributed by atoms with van der Waals surface area (Å²) in [6.45, 7) is 3.04. The average Bonchev–Trinajstić information content (AvgIpc) is 2.79. The highest BCUT2D eigenvalue weighted by atomic mass is 35.5. The van der Waals surface area contributed by atoms with Crippen LogP contribution in [0.15, 0.2) is 6.20 Å². The van der Waals surface area contributed by atoms with Crippen LogP contribution in [-0.4, -0.2) is 9.78 Å². The molecule has 0 aliphatic heterocycles. The Morgan fingerprint density at radius 3 is 2.84 bits per heavy atom. The van der Waals surface area contributed by atoms with Crippen molar-refractivity contribution in [2.45, 2.75) is 64.5 Å². The van der Waals surface area contributed by atoms with Gasteiger partial charge in [0.2, 0.25) is 0 Å². The molecule has 0 spiro atoms. The lowest BCUT2D eigenvalue weighted by molar-refractivity contribution is 0.294. The van der Waals surface area contributed by atoms with Crippen molar-refractivity contribution in [3.63, 3.8) is 0 Å². The number of hydrazine groups is 1. The zero-order valence-corrected chi connectivity index (χ0v) is 12.5. The Hall–Kier alpha value is -0.580. The third-order valence-electron chi connectivity index (χ3n) is 4.09. The molecule has 1 heterocycles. The number of nitrogens with zero attached hydrogens (tertiary/aromatic N) is 2. The Balaban J connectivity index is 2.09. The van der Waals surface area contributed by atoms with Gasteiger partial charge in [-0.1, -0.05) is 50.6 Å². The van der Waals surface area contributed by atoms with Crippen molar-refractivity contribution in [3.05, 3.63) is 16.9 Å². The molecule has 1 fully saturated rings. The molecule has 0 radical (unpaired) electrons. The van der Waals surface area contributed by atoms with E-state index in [0.717, 1.165) is 36.0 Å². The standard InChI is InChI=1S/C14H25ClN4/c1-2-8-19-14(12(15)10-17-19)13(18-16)9-11-6-4-3-5-7-11/h10-11,13,18H,2-9,16H2,1H3. The SMILES string of the molecule is CCCn1ncc(Cl)c1C(CC1CCCCC1)NN. The summed E-state index contributed by atoms with van der Waals surface area (Å²) in [4.78, 5) is 0. The fourth-order valence-corrected chi connectivity index (χ4v) is 3.40. The molecule has 1 aliphatic carbocycles. The van der Waals surface area contributed by atoms with Gasteiger partial charge in [0.1, 0.15) is 0 Å². The number of nitrogens with two attached hydrogens (primary N) is 1. The van der Waals surface area contributed by atoms with Gasteiger partial charge in [-0.2, -0.15) is 5.10 Å². The van der Waals surface area contributed by atoms with Gasteiger partial charge in [0.15, 0.2) is 0 Å². The van der Waals surface area contributed by atoms with Crippen LogP contribution in [0.2, 0.25) is 5.02 Å². The zero-order chi connectivity index (χ0) is 13.7. The summed E-state index contributed by atoms with van der Waals surface area (Å²) in [6.07, 6.45) is 10.6. The normalized spacial score (nSPS) is 18.7. The molecule has 0 bridgehead atoms. The molecule has 4 nitrogen and oxygen atoms in total. The lowest BCUT2D eigenvalue weighted by Gasteiger charge is -2.26. The van der Waals surface area contributed by atoms with E-state index in [0.29, 0.717) is 0 Å². The van der Waals surface area contributed by atoms with E-state index in [1.807, 2.05) is 4.68 Å². The second-order valence-electron chi connectivity index (χ2n) is 5.56. The molecule has 1 atom stereocenters. The highest BCUT2D eigenvalue weighted by molar-refractivity contribution is 6.31. The summed E-state index contributed by atoms with van der Waals surface area (Å²) in [5, 5.41) is 5.09. The van der Waals surface area contributed by atoms with Gasteiger partial charge in [-0.05, 0) is 18.8 Å². The van der Waals surface area contributed by atoms with Gasteiger partial charge in [-0.3, -0.25) is 16.0 Å². The van der Waals surface area contributed by atoms with E-state index in [2.05, 4.69) is 17.4 Å². The molecule has 19 heavy (non-hydrogen) atoms. The summed E-state index contributed by atoms with van der Waals surface area (Å²) >= 11 is 6.29. The first-order valence-corrected chi connectivity index (χ1v) is 7.81. The number of halogens is 1. The van der Waals surface area contributed by atoms with E-state index in [9.17, 15) is 0 Å². The molecule has 0 amide bonds. The minimum Gasteiger partial charge on any atom is -0.271 e. The Labute approximate surface area is 120 Å². The molecule has 0 aromatic carbocycles. The lowest BCUT2D eigenvalue weighted by atomic mass is 9.84. The van der Waals surface area contributed by atoms with Crippen molar-refractivity contribution in [1.29, 1.82) is 0 Å². The average molecular weight is 285 g/mol. The maximum absolute atomic E-state index is 6.29. The number of nitrogens with one attached hydrogen (secondary N) is 1. The van der Waals surface area contributed by atoms with E-state index in [-0.39, 0.29) is 6.04 Å². The predicted octanol–water partition coefficient (Wildman–Crippen LogP) is 3.42. The molecule has 1 aliphatic rings. The number of hydrogen-bond donors (Lipinski definition) is 2. The summed E-state index contributed by atoms with van der Waals surface area (Å²) in [5.74, 6) is 6.53. The van der Waals surface area contributed by atoms with Crippen molar-refractivity contribution in [2.75, 3.05) is 0 Å². The van der Waals surface area contributed by atoms with Crippen molar-refractivity contribution in [3.8, 4) is 0 Å². The summed E-state index contributed by atoms with van der Waals surface area (Å²) in [6, 6.07) is 0.115. The van der Waals surface area contributed by atoms with E-state index < -0.39 is 0 Å². The first-order chi connectivity index (χ1) is 9.26. The van der Waals surface area contributed by atoms with Crippen LogP contribution >= 0.6 is 11.6 Å². The van der Waals surface area contributed by atoms with E-state index in [4.69, 9.17) is 17.4 Å². The van der Waals surface area contributed by atoms with Crippen LogP contribution < -0.4 is 11.3 Å². The second-order valence-corrected chi connectivity index (χ2v) is 5.97. The molecule has 1 unspecified atom stereocenters. The van der Waals surface area contributed by atoms with Crippen LogP contribution in [0.4, 0.5) is 0 Å². The van der Waals surface area contributed by atoms with Crippen molar-refractivity contribution in [2.24, 2.45) is 11.8 Å². The van der Waals surface area contributed by atoms with Crippen LogP contribution in [0.5, 0.6) is 0 Å². The monoisotopic (exact) mass is 284 g/mol. The van der Waals surface area contributed by atoms with Gasteiger partial charge >= 0.3 is 0 Å². The quantitative estimate of drug-likeness (QED) is 0.622. The van der Waals surface area contributed by atoms with Gasteiger partial charge in [0.05, 0.1) is 23.0 Å². The smallest absolute Gasteiger partial charge is 0.0834 e. The maximum atomic E-state index is 6.29. The largest absolute Gasteiger partial charge is 0.271 e. The van der Waals surface area contributed by atoms with Crippen molar-refractivity contribution in [1.82, 2.24) is 15.2 Å². The Bertz CT molecular complexity index is 385. The molecule has 1 aromatic heterocycles. The Morgan fingerprint density at radius 2 is 2.21 bits per heavy atom. The molecule has 1 aromatic rings. The molecule has 2 rings (SSSR count). The summed E-state index contributed by atoms with van der Waals surface area (Å²) in [5.41, 5.74) is 4.00. The fraction of sp³-hybridized carbons (Fsp3) is 0.786. The van der Waals surface area contributed by atoms with Gasteiger partial charge in [-0.25, -0.2) is 0 Å². The highest BCUT2D eigenvalue weighted by Gasteiger charge is 2.24. The molecular weight excluding hydrogens is 260 g/mol. The number of rotatable bonds is 6. The van der Waals surface area contributed by atoms with Crippen molar-refractivity contribution < 1.29 is 0 Å². The highest BCUT2D eigenvalue weighted by Crippen LogP contribution is 2.33. The predicted molar refractivity (Wildman–Crippen MR) is 78.8 cm³/mol. The molecule has 1 saturated carbocycles. The maximum Gasteiger partial charge on any atom is 0.0834 e. The molecular formula is C14H25ClN4. The minimum absolute atomic E-state index is 0.115. The first kappa shape index (κ1) is 14.8. The van der Waals surface area contributed by atoms with Crippen LogP contribution in [0, 0.1) is 5.92 Å². The first-order valence-electron chi connectivity index (χ1n) is 7.43. The molecule has 0 saturated heterocycles. The van der Waals surface area contributed by atoms with E-state index in [1.54, 1.807) is 6.20 Å². The number of aryl methyl sites for hydroxylation is 1. The van der Waals surface area contributed by atoms with Crippen LogP contribution in [-0.2, 0) is 6.54 Å². The second kappa shape index (κ2) is 7.27. The summed E-state index contributed by atoms with van der Waals surface area (Å²) in [7, 11) is 0. The van der Waals surface area contributed by atoms with Crippen LogP contribution in [0.3, 0.4) is 0 Å². The Morgan fingerprint density at radius 1 is 1.47 bits per heavy atom. The van der Waals surface area contributed by atoms with Crippen LogP contribution in [0.1, 0.15) is 63.6 Å². The Kier molecular flexibility index (Phi) is 5.67. The molecule has 108 valence electrons. The van der Waals surface area contributed by atoms with Crippen LogP contribution in [0.25, 0.3) is 0 Å². The van der Waals surface area contributed by atoms with Gasteiger partial charge in [-0.15, -0.1) is 0 Å². The number of aromatic nitrogens is 2. The van der Waals surface area contributed by atoms with Gasteiger partial charge in [0.25, 0.3) is 0 Å². The van der Waals surface area contributed by atoms with Gasteiger partial charge < -0.3 is 0 Å². The van der Waals surface area contributed by atoms with E-state index >= 15 is 0 Å². The third kappa shape index (κ3) is 3.71. The lowest BCUT2D eigenvalue weighted by Crippen LogP contribution is -2.32. The fourth-order valence-electron chi connectivity index (χ4n) is 3.12. The molecule has 3 N–H and O–H groups in total. The minimum atomic E-state index is 0.115. The summed E-state index contributed by atoms with van der Waals surface area (Å²) < 4.78 is 2.00. The zero-order valence-electron chi connectivity index (χ0n) is 11.7. The number of hydrogen-bond acceptors (Lipinski definition) is 3.